The van der Waals surface area contributed by atoms with Crippen LogP contribution in [0.3, 0.4) is 0 Å². The number of furan rings is 1. The molecule has 1 aromatic heterocycles. The van der Waals surface area contributed by atoms with Crippen LogP contribution in [0.15, 0.2) is 33.5 Å². The molecule has 0 saturated heterocycles. The summed E-state index contributed by atoms with van der Waals surface area (Å²) in [7, 11) is 0. The van der Waals surface area contributed by atoms with E-state index in [0.29, 0.717) is 12.3 Å². The minimum atomic E-state index is -0.379. The number of nitrogens with one attached hydrogen (secondary N) is 1. The van der Waals surface area contributed by atoms with Crippen molar-refractivity contribution in [2.75, 3.05) is 0 Å². The van der Waals surface area contributed by atoms with Crippen LogP contribution in [0.4, 0.5) is 0 Å². The molecule has 0 atom stereocenters. The molecule has 0 bridgehead atoms. The summed E-state index contributed by atoms with van der Waals surface area (Å²) in [5, 5.41) is 2.91. The van der Waals surface area contributed by atoms with E-state index in [2.05, 4.69) is 5.32 Å². The molecule has 112 valence electrons. The Bertz CT molecular complexity index is 574. The van der Waals surface area contributed by atoms with Gasteiger partial charge in [-0.25, -0.2) is 0 Å². The molecular formula is C15H17ClN2O3. The molecular weight excluding hydrogens is 292 g/mol. The number of carbonyl (C=O) groups excluding carboxylic acids is 2. The molecule has 0 unspecified atom stereocenters. The second-order valence-corrected chi connectivity index (χ2v) is 5.77. The number of nitrogens with zero attached hydrogens (tertiary/aromatic N) is 1. The Morgan fingerprint density at radius 3 is 2.67 bits per heavy atom. The first-order valence-corrected chi connectivity index (χ1v) is 7.60. The molecule has 1 aliphatic heterocycles. The van der Waals surface area contributed by atoms with E-state index < -0.39 is 0 Å². The normalized spacial score (nSPS) is 20.5. The lowest BCUT2D eigenvalue weighted by molar-refractivity contribution is -0.140. The van der Waals surface area contributed by atoms with E-state index in [1.165, 1.54) is 4.90 Å². The molecule has 1 fully saturated rings. The predicted molar refractivity (Wildman–Crippen MR) is 77.2 cm³/mol. The fourth-order valence-corrected chi connectivity index (χ4v) is 3.17. The Balaban J connectivity index is 1.71. The first kappa shape index (κ1) is 14.2. The summed E-state index contributed by atoms with van der Waals surface area (Å²) in [6.07, 6.45) is 6.56. The Morgan fingerprint density at radius 1 is 1.24 bits per heavy atom. The largest absolute Gasteiger partial charge is 0.467 e. The SMILES string of the molecule is O=C1C(Cl)=C(NCc2ccco2)C(=O)N1C1CCCCC1. The summed E-state index contributed by atoms with van der Waals surface area (Å²) in [6.45, 7) is 0.329. The highest BCUT2D eigenvalue weighted by atomic mass is 35.5. The molecule has 5 nitrogen and oxygen atoms in total. The van der Waals surface area contributed by atoms with Crippen LogP contribution in [-0.2, 0) is 16.1 Å². The molecule has 1 aromatic rings. The van der Waals surface area contributed by atoms with Crippen LogP contribution in [0.25, 0.3) is 0 Å². The zero-order valence-electron chi connectivity index (χ0n) is 11.6. The van der Waals surface area contributed by atoms with E-state index in [4.69, 9.17) is 16.0 Å². The second kappa shape index (κ2) is 5.93. The van der Waals surface area contributed by atoms with Crippen molar-refractivity contribution in [2.24, 2.45) is 0 Å². The number of rotatable bonds is 4. The lowest BCUT2D eigenvalue weighted by Gasteiger charge is -2.29. The van der Waals surface area contributed by atoms with Gasteiger partial charge in [0.05, 0.1) is 12.8 Å². The maximum atomic E-state index is 12.5. The van der Waals surface area contributed by atoms with Gasteiger partial charge in [0.15, 0.2) is 0 Å². The zero-order valence-corrected chi connectivity index (χ0v) is 12.4. The number of imide groups is 1. The number of hydrogen-bond acceptors (Lipinski definition) is 4. The molecule has 21 heavy (non-hydrogen) atoms. The average molecular weight is 309 g/mol. The minimum Gasteiger partial charge on any atom is -0.467 e. The first-order valence-electron chi connectivity index (χ1n) is 7.22. The van der Waals surface area contributed by atoms with Crippen molar-refractivity contribution in [3.05, 3.63) is 34.9 Å². The lowest BCUT2D eigenvalue weighted by atomic mass is 9.94. The topological polar surface area (TPSA) is 62.6 Å². The van der Waals surface area contributed by atoms with Crippen LogP contribution in [-0.4, -0.2) is 22.8 Å². The van der Waals surface area contributed by atoms with Crippen molar-refractivity contribution >= 4 is 23.4 Å². The number of hydrogen-bond donors (Lipinski definition) is 1. The van der Waals surface area contributed by atoms with E-state index >= 15 is 0 Å². The quantitative estimate of drug-likeness (QED) is 0.868. The molecule has 2 aliphatic rings. The highest BCUT2D eigenvalue weighted by Gasteiger charge is 2.41. The number of halogens is 1. The van der Waals surface area contributed by atoms with Gasteiger partial charge in [-0.1, -0.05) is 30.9 Å². The molecule has 0 spiro atoms. The summed E-state index contributed by atoms with van der Waals surface area (Å²) >= 11 is 6.05. The summed E-state index contributed by atoms with van der Waals surface area (Å²) in [5.41, 5.74) is 0.184. The van der Waals surface area contributed by atoms with Crippen LogP contribution < -0.4 is 5.32 Å². The molecule has 1 aliphatic carbocycles. The fourth-order valence-electron chi connectivity index (χ4n) is 2.93. The van der Waals surface area contributed by atoms with E-state index in [0.717, 1.165) is 32.1 Å². The predicted octanol–water partition coefficient (Wildman–Crippen LogP) is 2.52. The third-order valence-electron chi connectivity index (χ3n) is 4.02. The van der Waals surface area contributed by atoms with Gasteiger partial charge in [-0.15, -0.1) is 0 Å². The first-order chi connectivity index (χ1) is 10.2. The van der Waals surface area contributed by atoms with E-state index in [1.807, 2.05) is 0 Å². The van der Waals surface area contributed by atoms with Gasteiger partial charge >= 0.3 is 0 Å². The van der Waals surface area contributed by atoms with Crippen molar-refractivity contribution in [2.45, 2.75) is 44.7 Å². The van der Waals surface area contributed by atoms with Gasteiger partial charge < -0.3 is 9.73 Å². The van der Waals surface area contributed by atoms with E-state index in [1.54, 1.807) is 18.4 Å². The Morgan fingerprint density at radius 2 is 2.00 bits per heavy atom. The Hall–Kier alpha value is -1.75. The number of carbonyl (C=O) groups is 2. The molecule has 0 aromatic carbocycles. The Kier molecular flexibility index (Phi) is 4.01. The summed E-state index contributed by atoms with van der Waals surface area (Å²) in [5.74, 6) is -0.0118. The van der Waals surface area contributed by atoms with E-state index in [9.17, 15) is 9.59 Å². The van der Waals surface area contributed by atoms with Crippen LogP contribution >= 0.6 is 11.6 Å². The van der Waals surface area contributed by atoms with Crippen molar-refractivity contribution in [1.82, 2.24) is 10.2 Å². The lowest BCUT2D eigenvalue weighted by Crippen LogP contribution is -2.43. The smallest absolute Gasteiger partial charge is 0.278 e. The molecule has 2 heterocycles. The van der Waals surface area contributed by atoms with Crippen molar-refractivity contribution in [1.29, 1.82) is 0 Å². The number of amides is 2. The highest BCUT2D eigenvalue weighted by molar-refractivity contribution is 6.47. The van der Waals surface area contributed by atoms with Crippen LogP contribution in [0, 0.1) is 0 Å². The van der Waals surface area contributed by atoms with Gasteiger partial charge in [-0.3, -0.25) is 14.5 Å². The van der Waals surface area contributed by atoms with Gasteiger partial charge in [0.2, 0.25) is 0 Å². The third kappa shape index (κ3) is 2.70. The van der Waals surface area contributed by atoms with Gasteiger partial charge in [0.1, 0.15) is 16.5 Å². The zero-order chi connectivity index (χ0) is 14.8. The van der Waals surface area contributed by atoms with Crippen molar-refractivity contribution in [3.8, 4) is 0 Å². The third-order valence-corrected chi connectivity index (χ3v) is 4.37. The summed E-state index contributed by atoms with van der Waals surface area (Å²) in [4.78, 5) is 26.0. The van der Waals surface area contributed by atoms with Gasteiger partial charge in [-0.2, -0.15) is 0 Å². The highest BCUT2D eigenvalue weighted by Crippen LogP contribution is 2.30. The van der Waals surface area contributed by atoms with Gasteiger partial charge in [0.25, 0.3) is 11.8 Å². The van der Waals surface area contributed by atoms with Crippen molar-refractivity contribution < 1.29 is 14.0 Å². The molecule has 2 amide bonds. The molecule has 6 heteroatoms. The maximum absolute atomic E-state index is 12.5. The molecule has 1 saturated carbocycles. The van der Waals surface area contributed by atoms with Gasteiger partial charge in [-0.05, 0) is 25.0 Å². The minimum absolute atomic E-state index is 0.0165. The molecule has 3 rings (SSSR count). The monoisotopic (exact) mass is 308 g/mol. The second-order valence-electron chi connectivity index (χ2n) is 5.39. The van der Waals surface area contributed by atoms with Crippen LogP contribution in [0.2, 0.25) is 0 Å². The van der Waals surface area contributed by atoms with Crippen LogP contribution in [0.5, 0.6) is 0 Å². The molecule has 0 radical (unpaired) electrons. The Labute approximate surface area is 127 Å². The molecule has 1 N–H and O–H groups in total. The summed E-state index contributed by atoms with van der Waals surface area (Å²) < 4.78 is 5.20. The maximum Gasteiger partial charge on any atom is 0.278 e. The van der Waals surface area contributed by atoms with Crippen LogP contribution in [0.1, 0.15) is 37.9 Å². The standard InChI is InChI=1S/C15H17ClN2O3/c16-12-13(17-9-11-7-4-8-21-11)15(20)18(14(12)19)10-5-2-1-3-6-10/h4,7-8,10,17H,1-3,5-6,9H2. The van der Waals surface area contributed by atoms with Gasteiger partial charge in [0, 0.05) is 6.04 Å². The average Bonchev–Trinajstić information content (AvgIpc) is 3.08. The summed E-state index contributed by atoms with van der Waals surface area (Å²) in [6, 6.07) is 3.54. The fraction of sp³-hybridized carbons (Fsp3) is 0.467. The van der Waals surface area contributed by atoms with E-state index in [-0.39, 0.29) is 28.6 Å². The van der Waals surface area contributed by atoms with Crippen molar-refractivity contribution in [3.63, 3.8) is 0 Å².